The zero-order valence-corrected chi connectivity index (χ0v) is 8.10. The van der Waals surface area contributed by atoms with Gasteiger partial charge in [-0.05, 0) is 17.7 Å². The molecule has 0 aliphatic heterocycles. The Balaban J connectivity index is 2.48. The van der Waals surface area contributed by atoms with Gasteiger partial charge >= 0.3 is 0 Å². The van der Waals surface area contributed by atoms with E-state index in [2.05, 4.69) is 25.4 Å². The molecular formula is C7H7ClN6. The second-order valence-electron chi connectivity index (χ2n) is 2.43. The summed E-state index contributed by atoms with van der Waals surface area (Å²) in [6, 6.07) is 1.77. The molecule has 2 rings (SSSR count). The predicted octanol–water partition coefficient (Wildman–Crippen LogP) is 0.752. The average molecular weight is 211 g/mol. The van der Waals surface area contributed by atoms with Crippen molar-refractivity contribution in [2.75, 3.05) is 12.4 Å². The summed E-state index contributed by atoms with van der Waals surface area (Å²) in [6.45, 7) is 0. The van der Waals surface area contributed by atoms with Crippen LogP contribution in [0.5, 0.6) is 0 Å². The minimum atomic E-state index is 0.134. The van der Waals surface area contributed by atoms with E-state index in [1.807, 2.05) is 0 Å². The van der Waals surface area contributed by atoms with Crippen LogP contribution in [-0.4, -0.2) is 31.8 Å². The Labute approximate surface area is 85.0 Å². The SMILES string of the molecule is CNc1nc(Cl)nc(-n2cccn2)n1. The first kappa shape index (κ1) is 8.89. The zero-order valence-electron chi connectivity index (χ0n) is 7.35. The van der Waals surface area contributed by atoms with Crippen molar-refractivity contribution in [3.8, 4) is 5.95 Å². The molecule has 72 valence electrons. The summed E-state index contributed by atoms with van der Waals surface area (Å²) >= 11 is 5.70. The second-order valence-corrected chi connectivity index (χ2v) is 2.77. The number of halogens is 1. The van der Waals surface area contributed by atoms with Gasteiger partial charge in [-0.1, -0.05) is 0 Å². The van der Waals surface area contributed by atoms with Crippen LogP contribution in [0.2, 0.25) is 5.28 Å². The third-order valence-corrected chi connectivity index (χ3v) is 1.70. The third kappa shape index (κ3) is 1.64. The van der Waals surface area contributed by atoms with E-state index in [9.17, 15) is 0 Å². The van der Waals surface area contributed by atoms with Gasteiger partial charge in [0.15, 0.2) is 0 Å². The molecule has 0 spiro atoms. The molecule has 6 nitrogen and oxygen atoms in total. The summed E-state index contributed by atoms with van der Waals surface area (Å²) in [5.41, 5.74) is 0. The summed E-state index contributed by atoms with van der Waals surface area (Å²) in [7, 11) is 1.71. The standard InChI is InChI=1S/C7H7ClN6/c1-9-6-11-5(8)12-7(13-6)14-4-2-3-10-14/h2-4H,1H3,(H,9,11,12,13). The molecule has 7 heteroatoms. The lowest BCUT2D eigenvalue weighted by atomic mass is 10.7. The van der Waals surface area contributed by atoms with E-state index in [1.54, 1.807) is 25.5 Å². The van der Waals surface area contributed by atoms with Crippen LogP contribution in [0.4, 0.5) is 5.95 Å². The van der Waals surface area contributed by atoms with Gasteiger partial charge in [0.2, 0.25) is 11.2 Å². The molecule has 0 fully saturated rings. The molecular weight excluding hydrogens is 204 g/mol. The van der Waals surface area contributed by atoms with E-state index in [-0.39, 0.29) is 5.28 Å². The van der Waals surface area contributed by atoms with Crippen molar-refractivity contribution in [1.82, 2.24) is 24.7 Å². The Morgan fingerprint density at radius 3 is 2.86 bits per heavy atom. The van der Waals surface area contributed by atoms with Gasteiger partial charge in [0, 0.05) is 19.4 Å². The van der Waals surface area contributed by atoms with Crippen LogP contribution in [0.1, 0.15) is 0 Å². The van der Waals surface area contributed by atoms with Crippen LogP contribution >= 0.6 is 11.6 Å². The highest BCUT2D eigenvalue weighted by Crippen LogP contribution is 2.07. The van der Waals surface area contributed by atoms with Crippen molar-refractivity contribution >= 4 is 17.5 Å². The number of nitrogens with zero attached hydrogens (tertiary/aromatic N) is 5. The zero-order chi connectivity index (χ0) is 9.97. The van der Waals surface area contributed by atoms with Gasteiger partial charge in [-0.3, -0.25) is 0 Å². The predicted molar refractivity (Wildman–Crippen MR) is 51.5 cm³/mol. The first-order chi connectivity index (χ1) is 6.79. The Morgan fingerprint density at radius 1 is 1.36 bits per heavy atom. The van der Waals surface area contributed by atoms with Gasteiger partial charge in [-0.25, -0.2) is 4.68 Å². The topological polar surface area (TPSA) is 68.5 Å². The molecule has 0 aliphatic rings. The molecule has 0 unspecified atom stereocenters. The van der Waals surface area contributed by atoms with E-state index in [1.165, 1.54) is 4.68 Å². The average Bonchev–Trinajstić information content (AvgIpc) is 2.69. The lowest BCUT2D eigenvalue weighted by Gasteiger charge is -2.02. The van der Waals surface area contributed by atoms with E-state index >= 15 is 0 Å². The van der Waals surface area contributed by atoms with Gasteiger partial charge < -0.3 is 5.32 Å². The molecule has 0 saturated heterocycles. The Hall–Kier alpha value is -1.69. The van der Waals surface area contributed by atoms with Crippen LogP contribution in [0.3, 0.4) is 0 Å². The molecule has 14 heavy (non-hydrogen) atoms. The van der Waals surface area contributed by atoms with Crippen LogP contribution in [0.25, 0.3) is 5.95 Å². The summed E-state index contributed by atoms with van der Waals surface area (Å²) in [6.07, 6.45) is 3.36. The van der Waals surface area contributed by atoms with Crippen molar-refractivity contribution in [1.29, 1.82) is 0 Å². The van der Waals surface area contributed by atoms with Gasteiger partial charge in [-0.2, -0.15) is 20.1 Å². The quantitative estimate of drug-likeness (QED) is 0.792. The monoisotopic (exact) mass is 210 g/mol. The van der Waals surface area contributed by atoms with Crippen LogP contribution < -0.4 is 5.32 Å². The molecule has 0 aliphatic carbocycles. The fourth-order valence-electron chi connectivity index (χ4n) is 0.941. The Bertz CT molecular complexity index is 426. The van der Waals surface area contributed by atoms with Crippen LogP contribution in [0.15, 0.2) is 18.5 Å². The smallest absolute Gasteiger partial charge is 0.256 e. The van der Waals surface area contributed by atoms with Crippen LogP contribution in [0, 0.1) is 0 Å². The maximum Gasteiger partial charge on any atom is 0.256 e. The fraction of sp³-hybridized carbons (Fsp3) is 0.143. The normalized spacial score (nSPS) is 10.1. The molecule has 2 heterocycles. The molecule has 2 aromatic rings. The van der Waals surface area contributed by atoms with Crippen molar-refractivity contribution < 1.29 is 0 Å². The number of nitrogens with one attached hydrogen (secondary N) is 1. The Kier molecular flexibility index (Phi) is 2.28. The lowest BCUT2D eigenvalue weighted by molar-refractivity contribution is 0.797. The number of aromatic nitrogens is 5. The molecule has 0 atom stereocenters. The van der Waals surface area contributed by atoms with Crippen molar-refractivity contribution in [3.63, 3.8) is 0 Å². The van der Waals surface area contributed by atoms with Gasteiger partial charge in [0.05, 0.1) is 0 Å². The highest BCUT2D eigenvalue weighted by atomic mass is 35.5. The van der Waals surface area contributed by atoms with Crippen LogP contribution in [-0.2, 0) is 0 Å². The van der Waals surface area contributed by atoms with E-state index in [4.69, 9.17) is 11.6 Å². The van der Waals surface area contributed by atoms with Crippen molar-refractivity contribution in [2.24, 2.45) is 0 Å². The summed E-state index contributed by atoms with van der Waals surface area (Å²) < 4.78 is 1.51. The first-order valence-corrected chi connectivity index (χ1v) is 4.27. The summed E-state index contributed by atoms with van der Waals surface area (Å²) in [4.78, 5) is 11.9. The minimum absolute atomic E-state index is 0.134. The molecule has 0 saturated carbocycles. The summed E-state index contributed by atoms with van der Waals surface area (Å²) in [5.74, 6) is 0.801. The van der Waals surface area contributed by atoms with Crippen molar-refractivity contribution in [2.45, 2.75) is 0 Å². The van der Waals surface area contributed by atoms with Crippen molar-refractivity contribution in [3.05, 3.63) is 23.7 Å². The van der Waals surface area contributed by atoms with E-state index < -0.39 is 0 Å². The van der Waals surface area contributed by atoms with Gasteiger partial charge in [0.25, 0.3) is 5.95 Å². The molecule has 0 amide bonds. The maximum atomic E-state index is 5.70. The van der Waals surface area contributed by atoms with E-state index in [0.717, 1.165) is 0 Å². The minimum Gasteiger partial charge on any atom is -0.357 e. The van der Waals surface area contributed by atoms with E-state index in [0.29, 0.717) is 11.9 Å². The second kappa shape index (κ2) is 3.59. The Morgan fingerprint density at radius 2 is 2.21 bits per heavy atom. The highest BCUT2D eigenvalue weighted by molar-refractivity contribution is 6.28. The fourth-order valence-corrected chi connectivity index (χ4v) is 1.10. The number of hydrogen-bond acceptors (Lipinski definition) is 5. The molecule has 0 aromatic carbocycles. The largest absolute Gasteiger partial charge is 0.357 e. The lowest BCUT2D eigenvalue weighted by Crippen LogP contribution is -2.06. The van der Waals surface area contributed by atoms with Gasteiger partial charge in [0.1, 0.15) is 0 Å². The molecule has 1 N–H and O–H groups in total. The maximum absolute atomic E-state index is 5.70. The molecule has 0 radical (unpaired) electrons. The summed E-state index contributed by atoms with van der Waals surface area (Å²) in [5, 5.41) is 6.90. The number of rotatable bonds is 2. The molecule has 2 aromatic heterocycles. The first-order valence-electron chi connectivity index (χ1n) is 3.89. The molecule has 0 bridgehead atoms. The third-order valence-electron chi connectivity index (χ3n) is 1.53. The number of anilines is 1. The van der Waals surface area contributed by atoms with Gasteiger partial charge in [-0.15, -0.1) is 0 Å². The highest BCUT2D eigenvalue weighted by Gasteiger charge is 2.04. The number of hydrogen-bond donors (Lipinski definition) is 1.